The Morgan fingerprint density at radius 2 is 2.04 bits per heavy atom. The predicted octanol–water partition coefficient (Wildman–Crippen LogP) is 3.18. The minimum Gasteiger partial charge on any atom is -0.351 e. The minimum atomic E-state index is 0.00433. The summed E-state index contributed by atoms with van der Waals surface area (Å²) in [6.07, 6.45) is 7.46. The fourth-order valence-electron chi connectivity index (χ4n) is 4.17. The zero-order valence-electron chi connectivity index (χ0n) is 15.3. The second kappa shape index (κ2) is 8.00. The van der Waals surface area contributed by atoms with Crippen molar-refractivity contribution in [2.75, 3.05) is 26.2 Å². The molecule has 1 atom stereocenters. The highest BCUT2D eigenvalue weighted by atomic mass is 16.1. The largest absolute Gasteiger partial charge is 0.351 e. The van der Waals surface area contributed by atoms with Crippen molar-refractivity contribution in [3.63, 3.8) is 0 Å². The van der Waals surface area contributed by atoms with Gasteiger partial charge in [0.25, 0.3) is 5.91 Å². The quantitative estimate of drug-likeness (QED) is 0.902. The lowest BCUT2D eigenvalue weighted by Crippen LogP contribution is -2.34. The number of likely N-dealkylation sites (tertiary alicyclic amines) is 1. The number of pyridine rings is 1. The van der Waals surface area contributed by atoms with Crippen molar-refractivity contribution in [3.8, 4) is 0 Å². The minimum absolute atomic E-state index is 0.00433. The SMILES string of the molecule is O=C(NCCN1CC[C@H](c2ccccc2)C1)c1cnc2c(c1)CCCC2. The van der Waals surface area contributed by atoms with Gasteiger partial charge in [-0.15, -0.1) is 0 Å². The maximum Gasteiger partial charge on any atom is 0.252 e. The second-order valence-electron chi connectivity index (χ2n) is 7.49. The van der Waals surface area contributed by atoms with Crippen molar-refractivity contribution >= 4 is 5.91 Å². The van der Waals surface area contributed by atoms with E-state index in [9.17, 15) is 4.79 Å². The summed E-state index contributed by atoms with van der Waals surface area (Å²) in [7, 11) is 0. The van der Waals surface area contributed by atoms with E-state index in [-0.39, 0.29) is 5.91 Å². The lowest BCUT2D eigenvalue weighted by Gasteiger charge is -2.17. The molecule has 0 saturated carbocycles. The Hall–Kier alpha value is -2.20. The zero-order chi connectivity index (χ0) is 17.8. The van der Waals surface area contributed by atoms with Crippen LogP contribution in [0.2, 0.25) is 0 Å². The van der Waals surface area contributed by atoms with Crippen LogP contribution in [0.1, 0.15) is 52.4 Å². The summed E-state index contributed by atoms with van der Waals surface area (Å²) in [5.41, 5.74) is 4.57. The molecule has 4 nitrogen and oxygen atoms in total. The lowest BCUT2D eigenvalue weighted by atomic mass is 9.95. The van der Waals surface area contributed by atoms with Crippen LogP contribution in [-0.4, -0.2) is 42.0 Å². The van der Waals surface area contributed by atoms with Gasteiger partial charge in [0.05, 0.1) is 5.56 Å². The highest BCUT2D eigenvalue weighted by Gasteiger charge is 2.23. The van der Waals surface area contributed by atoms with Crippen LogP contribution in [0.3, 0.4) is 0 Å². The van der Waals surface area contributed by atoms with Gasteiger partial charge in [0.1, 0.15) is 0 Å². The van der Waals surface area contributed by atoms with Gasteiger partial charge in [-0.05, 0) is 61.8 Å². The average molecular weight is 349 g/mol. The van der Waals surface area contributed by atoms with Crippen molar-refractivity contribution in [2.24, 2.45) is 0 Å². The van der Waals surface area contributed by atoms with Gasteiger partial charge in [-0.3, -0.25) is 9.78 Å². The number of benzene rings is 1. The number of carbonyl (C=O) groups excluding carboxylic acids is 1. The highest BCUT2D eigenvalue weighted by molar-refractivity contribution is 5.94. The fourth-order valence-corrected chi connectivity index (χ4v) is 4.17. The van der Waals surface area contributed by atoms with Crippen LogP contribution in [0.25, 0.3) is 0 Å². The van der Waals surface area contributed by atoms with Crippen molar-refractivity contribution in [1.82, 2.24) is 15.2 Å². The van der Waals surface area contributed by atoms with E-state index in [2.05, 4.69) is 45.5 Å². The molecular weight excluding hydrogens is 322 g/mol. The van der Waals surface area contributed by atoms with Gasteiger partial charge in [-0.2, -0.15) is 0 Å². The molecule has 4 heteroatoms. The Morgan fingerprint density at radius 3 is 2.92 bits per heavy atom. The van der Waals surface area contributed by atoms with Crippen LogP contribution in [0.15, 0.2) is 42.6 Å². The average Bonchev–Trinajstić information content (AvgIpc) is 3.17. The third-order valence-electron chi connectivity index (χ3n) is 5.69. The standard InChI is InChI=1S/C22H27N3O/c26-22(20-14-18-8-4-5-9-21(18)24-15-20)23-11-13-25-12-10-19(16-25)17-6-2-1-3-7-17/h1-3,6-7,14-15,19H,4-5,8-13,16H2,(H,23,26)/t19-/m0/s1. The van der Waals surface area contributed by atoms with Crippen molar-refractivity contribution < 1.29 is 4.79 Å². The first-order valence-corrected chi connectivity index (χ1v) is 9.83. The third kappa shape index (κ3) is 3.96. The van der Waals surface area contributed by atoms with Gasteiger partial charge in [0.2, 0.25) is 0 Å². The summed E-state index contributed by atoms with van der Waals surface area (Å²) in [5, 5.41) is 3.07. The first kappa shape index (κ1) is 17.2. The number of hydrogen-bond donors (Lipinski definition) is 1. The smallest absolute Gasteiger partial charge is 0.252 e. The van der Waals surface area contributed by atoms with Crippen LogP contribution < -0.4 is 5.32 Å². The molecule has 0 bridgehead atoms. The van der Waals surface area contributed by atoms with Crippen LogP contribution in [0, 0.1) is 0 Å². The molecule has 136 valence electrons. The molecule has 0 spiro atoms. The molecule has 1 aliphatic heterocycles. The molecule has 1 amide bonds. The number of carbonyl (C=O) groups is 1. The topological polar surface area (TPSA) is 45.2 Å². The number of aromatic nitrogens is 1. The molecule has 1 aromatic heterocycles. The lowest BCUT2D eigenvalue weighted by molar-refractivity contribution is 0.0949. The summed E-state index contributed by atoms with van der Waals surface area (Å²) in [6, 6.07) is 12.8. The monoisotopic (exact) mass is 349 g/mol. The van der Waals surface area contributed by atoms with E-state index in [0.29, 0.717) is 18.0 Å². The van der Waals surface area contributed by atoms with E-state index in [1.165, 1.54) is 36.1 Å². The predicted molar refractivity (Wildman–Crippen MR) is 103 cm³/mol. The first-order chi connectivity index (χ1) is 12.8. The number of nitrogens with one attached hydrogen (secondary N) is 1. The van der Waals surface area contributed by atoms with Gasteiger partial charge < -0.3 is 10.2 Å². The molecule has 1 N–H and O–H groups in total. The Morgan fingerprint density at radius 1 is 1.19 bits per heavy atom. The summed E-state index contributed by atoms with van der Waals surface area (Å²) in [6.45, 7) is 3.79. The van der Waals surface area contributed by atoms with E-state index in [1.54, 1.807) is 6.20 Å². The summed E-state index contributed by atoms with van der Waals surface area (Å²) in [4.78, 5) is 19.4. The Bertz CT molecular complexity index is 759. The van der Waals surface area contributed by atoms with E-state index >= 15 is 0 Å². The molecule has 2 aromatic rings. The number of hydrogen-bond acceptors (Lipinski definition) is 3. The molecule has 1 fully saturated rings. The molecule has 4 rings (SSSR count). The maximum absolute atomic E-state index is 12.4. The first-order valence-electron chi connectivity index (χ1n) is 9.83. The van der Waals surface area contributed by atoms with Crippen molar-refractivity contribution in [3.05, 3.63) is 65.0 Å². The van der Waals surface area contributed by atoms with Crippen LogP contribution >= 0.6 is 0 Å². The fraction of sp³-hybridized carbons (Fsp3) is 0.455. The van der Waals surface area contributed by atoms with Crippen LogP contribution in [0.5, 0.6) is 0 Å². The van der Waals surface area contributed by atoms with Gasteiger partial charge in [-0.1, -0.05) is 30.3 Å². The molecule has 1 saturated heterocycles. The Balaban J connectivity index is 1.25. The third-order valence-corrected chi connectivity index (χ3v) is 5.69. The summed E-state index contributed by atoms with van der Waals surface area (Å²) < 4.78 is 0. The van der Waals surface area contributed by atoms with E-state index in [1.807, 2.05) is 6.07 Å². The Labute approximate surface area is 155 Å². The number of rotatable bonds is 5. The number of fused-ring (bicyclic) bond motifs is 1. The van der Waals surface area contributed by atoms with Gasteiger partial charge >= 0.3 is 0 Å². The molecule has 1 aromatic carbocycles. The normalized spacial score (nSPS) is 19.9. The molecule has 2 aliphatic rings. The molecule has 0 radical (unpaired) electrons. The maximum atomic E-state index is 12.4. The number of nitrogens with zero attached hydrogens (tertiary/aromatic N) is 2. The molecular formula is C22H27N3O. The molecule has 26 heavy (non-hydrogen) atoms. The number of amides is 1. The summed E-state index contributed by atoms with van der Waals surface area (Å²) in [5.74, 6) is 0.626. The van der Waals surface area contributed by atoms with Crippen LogP contribution in [0.4, 0.5) is 0 Å². The molecule has 2 heterocycles. The van der Waals surface area contributed by atoms with E-state index in [0.717, 1.165) is 32.5 Å². The summed E-state index contributed by atoms with van der Waals surface area (Å²) >= 11 is 0. The zero-order valence-corrected chi connectivity index (χ0v) is 15.3. The van der Waals surface area contributed by atoms with Crippen LogP contribution in [-0.2, 0) is 12.8 Å². The van der Waals surface area contributed by atoms with Gasteiger partial charge in [0.15, 0.2) is 0 Å². The van der Waals surface area contributed by atoms with Crippen molar-refractivity contribution in [2.45, 2.75) is 38.0 Å². The highest BCUT2D eigenvalue weighted by Crippen LogP contribution is 2.26. The second-order valence-corrected chi connectivity index (χ2v) is 7.49. The van der Waals surface area contributed by atoms with Gasteiger partial charge in [0, 0.05) is 31.5 Å². The van der Waals surface area contributed by atoms with Crippen molar-refractivity contribution in [1.29, 1.82) is 0 Å². The molecule has 1 aliphatic carbocycles. The molecule has 0 unspecified atom stereocenters. The Kier molecular flexibility index (Phi) is 5.30. The van der Waals surface area contributed by atoms with E-state index in [4.69, 9.17) is 0 Å². The van der Waals surface area contributed by atoms with Gasteiger partial charge in [-0.25, -0.2) is 0 Å². The number of aryl methyl sites for hydroxylation is 2. The van der Waals surface area contributed by atoms with E-state index < -0.39 is 0 Å².